The Morgan fingerprint density at radius 3 is 1.97 bits per heavy atom. The number of carbonyl (C=O) groups is 2. The molecule has 2 rings (SSSR count). The first kappa shape index (κ1) is 25.8. The van der Waals surface area contributed by atoms with Crippen LogP contribution in [0.2, 0.25) is 0 Å². The van der Waals surface area contributed by atoms with Gasteiger partial charge in [-0.1, -0.05) is 26.0 Å². The zero-order valence-electron chi connectivity index (χ0n) is 20.1. The number of methoxy groups -OCH3 is 3. The lowest BCUT2D eigenvalue weighted by Crippen LogP contribution is -2.50. The van der Waals surface area contributed by atoms with Crippen molar-refractivity contribution in [2.75, 3.05) is 34.5 Å². The van der Waals surface area contributed by atoms with Crippen LogP contribution in [0.1, 0.15) is 32.3 Å². The summed E-state index contributed by atoms with van der Waals surface area (Å²) in [6, 6.07) is 11.9. The minimum Gasteiger partial charge on any atom is -0.497 e. The van der Waals surface area contributed by atoms with Gasteiger partial charge in [0, 0.05) is 31.3 Å². The van der Waals surface area contributed by atoms with Crippen molar-refractivity contribution in [3.05, 3.63) is 48.0 Å². The highest BCUT2D eigenvalue weighted by atomic mass is 16.5. The van der Waals surface area contributed by atoms with E-state index in [1.807, 2.05) is 38.1 Å². The second kappa shape index (κ2) is 13.2. The molecule has 0 bridgehead atoms. The van der Waals surface area contributed by atoms with Gasteiger partial charge in [0.1, 0.15) is 29.0 Å². The maximum absolute atomic E-state index is 13.3. The summed E-state index contributed by atoms with van der Waals surface area (Å²) >= 11 is 0. The Morgan fingerprint density at radius 2 is 1.45 bits per heavy atom. The summed E-state index contributed by atoms with van der Waals surface area (Å²) in [4.78, 5) is 27.6. The van der Waals surface area contributed by atoms with E-state index in [2.05, 4.69) is 5.32 Å². The number of rotatable bonds is 13. The molecule has 0 saturated carbocycles. The molecule has 1 N–H and O–H groups in total. The Morgan fingerprint density at radius 1 is 0.879 bits per heavy atom. The van der Waals surface area contributed by atoms with Crippen molar-refractivity contribution >= 4 is 11.8 Å². The van der Waals surface area contributed by atoms with E-state index in [1.54, 1.807) is 44.4 Å². The Bertz CT molecular complexity index is 878. The number of amides is 2. The lowest BCUT2D eigenvalue weighted by Gasteiger charge is -2.30. The summed E-state index contributed by atoms with van der Waals surface area (Å²) in [5.74, 6) is 1.79. The van der Waals surface area contributed by atoms with E-state index in [1.165, 1.54) is 0 Å². The first-order valence-electron chi connectivity index (χ1n) is 11.0. The number of hydrogen-bond acceptors (Lipinski definition) is 6. The molecule has 1 atom stereocenters. The standard InChI is InChI=1S/C25H34N2O6/c1-6-12-26-25(29)23(7-2)27(16-18-8-10-19(30-3)11-9-18)24(28)17-33-22-14-20(31-4)13-21(15-22)32-5/h8-11,13-15,23H,6-7,12,16-17H2,1-5H3,(H,26,29). The Hall–Kier alpha value is -3.42. The van der Waals surface area contributed by atoms with Gasteiger partial charge in [0.05, 0.1) is 21.3 Å². The minimum absolute atomic E-state index is 0.177. The second-order valence-electron chi connectivity index (χ2n) is 7.42. The van der Waals surface area contributed by atoms with Gasteiger partial charge in [0.2, 0.25) is 5.91 Å². The van der Waals surface area contributed by atoms with Gasteiger partial charge in [-0.15, -0.1) is 0 Å². The topological polar surface area (TPSA) is 86.3 Å². The first-order chi connectivity index (χ1) is 15.9. The lowest BCUT2D eigenvalue weighted by atomic mass is 10.1. The molecule has 0 aliphatic heterocycles. The van der Waals surface area contributed by atoms with E-state index < -0.39 is 6.04 Å². The van der Waals surface area contributed by atoms with Crippen LogP contribution in [0.25, 0.3) is 0 Å². The van der Waals surface area contributed by atoms with Crippen LogP contribution in [0.4, 0.5) is 0 Å². The molecular weight excluding hydrogens is 424 g/mol. The number of benzene rings is 2. The van der Waals surface area contributed by atoms with Crippen molar-refractivity contribution in [2.45, 2.75) is 39.3 Å². The van der Waals surface area contributed by atoms with Crippen molar-refractivity contribution < 1.29 is 28.5 Å². The zero-order valence-corrected chi connectivity index (χ0v) is 20.1. The van der Waals surface area contributed by atoms with Crippen LogP contribution in [0.15, 0.2) is 42.5 Å². The van der Waals surface area contributed by atoms with Gasteiger partial charge in [-0.25, -0.2) is 0 Å². The largest absolute Gasteiger partial charge is 0.497 e. The number of carbonyl (C=O) groups excluding carboxylic acids is 2. The van der Waals surface area contributed by atoms with E-state index in [9.17, 15) is 9.59 Å². The van der Waals surface area contributed by atoms with Crippen LogP contribution in [0, 0.1) is 0 Å². The number of nitrogens with zero attached hydrogens (tertiary/aromatic N) is 1. The van der Waals surface area contributed by atoms with Gasteiger partial charge >= 0.3 is 0 Å². The fourth-order valence-corrected chi connectivity index (χ4v) is 3.31. The first-order valence-corrected chi connectivity index (χ1v) is 11.0. The van der Waals surface area contributed by atoms with Gasteiger partial charge in [0.15, 0.2) is 6.61 Å². The zero-order chi connectivity index (χ0) is 24.2. The normalized spacial score (nSPS) is 11.3. The predicted molar refractivity (Wildman–Crippen MR) is 126 cm³/mol. The Labute approximate surface area is 195 Å². The monoisotopic (exact) mass is 458 g/mol. The molecule has 2 aromatic carbocycles. The van der Waals surface area contributed by atoms with Gasteiger partial charge in [-0.2, -0.15) is 0 Å². The van der Waals surface area contributed by atoms with E-state index in [4.69, 9.17) is 18.9 Å². The molecule has 0 spiro atoms. The summed E-state index contributed by atoms with van der Waals surface area (Å²) in [5.41, 5.74) is 0.883. The molecular formula is C25H34N2O6. The molecule has 180 valence electrons. The van der Waals surface area contributed by atoms with Crippen LogP contribution in [0.5, 0.6) is 23.0 Å². The van der Waals surface area contributed by atoms with Crippen LogP contribution in [0.3, 0.4) is 0 Å². The molecule has 2 aromatic rings. The predicted octanol–water partition coefficient (Wildman–Crippen LogP) is 3.42. The summed E-state index contributed by atoms with van der Waals surface area (Å²) in [7, 11) is 4.68. The van der Waals surface area contributed by atoms with Gasteiger partial charge in [-0.05, 0) is 30.5 Å². The Kier molecular flexibility index (Phi) is 10.3. The van der Waals surface area contributed by atoms with Crippen molar-refractivity contribution in [1.29, 1.82) is 0 Å². The van der Waals surface area contributed by atoms with E-state index in [0.717, 1.165) is 17.7 Å². The highest BCUT2D eigenvalue weighted by molar-refractivity contribution is 5.88. The average Bonchev–Trinajstić information content (AvgIpc) is 2.85. The number of hydrogen-bond donors (Lipinski definition) is 1. The Balaban J connectivity index is 2.23. The molecule has 1 unspecified atom stereocenters. The molecule has 0 aliphatic carbocycles. The number of ether oxygens (including phenoxy) is 4. The molecule has 33 heavy (non-hydrogen) atoms. The smallest absolute Gasteiger partial charge is 0.261 e. The van der Waals surface area contributed by atoms with Crippen molar-refractivity contribution in [2.24, 2.45) is 0 Å². The van der Waals surface area contributed by atoms with Crippen molar-refractivity contribution in [3.8, 4) is 23.0 Å². The highest BCUT2D eigenvalue weighted by Crippen LogP contribution is 2.27. The molecule has 0 aliphatic rings. The van der Waals surface area contributed by atoms with Gasteiger partial charge < -0.3 is 29.2 Å². The quantitative estimate of drug-likeness (QED) is 0.495. The molecule has 0 aromatic heterocycles. The number of nitrogens with one attached hydrogen (secondary N) is 1. The van der Waals surface area contributed by atoms with Gasteiger partial charge in [-0.3, -0.25) is 9.59 Å². The summed E-state index contributed by atoms with van der Waals surface area (Å²) in [6.45, 7) is 4.46. The van der Waals surface area contributed by atoms with Crippen LogP contribution in [-0.4, -0.2) is 57.2 Å². The summed E-state index contributed by atoms with van der Waals surface area (Å²) in [5, 5.41) is 2.90. The molecule has 8 nitrogen and oxygen atoms in total. The SMILES string of the molecule is CCCNC(=O)C(CC)N(Cc1ccc(OC)cc1)C(=O)COc1cc(OC)cc(OC)c1. The van der Waals surface area contributed by atoms with Crippen molar-refractivity contribution in [3.63, 3.8) is 0 Å². The third kappa shape index (κ3) is 7.59. The summed E-state index contributed by atoms with van der Waals surface area (Å²) in [6.07, 6.45) is 1.29. The lowest BCUT2D eigenvalue weighted by molar-refractivity contribution is -0.143. The average molecular weight is 459 g/mol. The fraction of sp³-hybridized carbons (Fsp3) is 0.440. The van der Waals surface area contributed by atoms with E-state index >= 15 is 0 Å². The van der Waals surface area contributed by atoms with E-state index in [0.29, 0.717) is 30.2 Å². The molecule has 0 radical (unpaired) electrons. The minimum atomic E-state index is -0.616. The van der Waals surface area contributed by atoms with Crippen molar-refractivity contribution in [1.82, 2.24) is 10.2 Å². The fourth-order valence-electron chi connectivity index (χ4n) is 3.31. The van der Waals surface area contributed by atoms with Crippen LogP contribution < -0.4 is 24.3 Å². The van der Waals surface area contributed by atoms with Crippen LogP contribution in [-0.2, 0) is 16.1 Å². The van der Waals surface area contributed by atoms with Crippen LogP contribution >= 0.6 is 0 Å². The summed E-state index contributed by atoms with van der Waals surface area (Å²) < 4.78 is 21.5. The highest BCUT2D eigenvalue weighted by Gasteiger charge is 2.28. The molecule has 0 heterocycles. The van der Waals surface area contributed by atoms with E-state index in [-0.39, 0.29) is 25.0 Å². The maximum atomic E-state index is 13.3. The molecule has 0 saturated heterocycles. The van der Waals surface area contributed by atoms with Gasteiger partial charge in [0.25, 0.3) is 5.91 Å². The third-order valence-corrected chi connectivity index (χ3v) is 5.13. The molecule has 8 heteroatoms. The maximum Gasteiger partial charge on any atom is 0.261 e. The molecule has 0 fully saturated rings. The second-order valence-corrected chi connectivity index (χ2v) is 7.42. The molecule has 2 amide bonds. The third-order valence-electron chi connectivity index (χ3n) is 5.13.